The summed E-state index contributed by atoms with van der Waals surface area (Å²) in [6.07, 6.45) is 0.995. The number of rotatable bonds is 9. The average molecular weight is 661 g/mol. The molecular formula is C29H32F4N2O9S. The van der Waals surface area contributed by atoms with E-state index in [1.165, 1.54) is 13.2 Å². The molecule has 0 spiro atoms. The van der Waals surface area contributed by atoms with Crippen LogP contribution in [-0.2, 0) is 24.2 Å². The summed E-state index contributed by atoms with van der Waals surface area (Å²) < 4.78 is 93.9. The first-order chi connectivity index (χ1) is 21.1. The molecule has 1 saturated heterocycles. The molecule has 11 nitrogen and oxygen atoms in total. The lowest BCUT2D eigenvalue weighted by atomic mass is 9.75. The summed E-state index contributed by atoms with van der Waals surface area (Å²) in [7, 11) is -4.42. The van der Waals surface area contributed by atoms with Crippen LogP contribution in [0.15, 0.2) is 41.3 Å². The molecule has 1 aliphatic heterocycles. The number of sulfone groups is 1. The van der Waals surface area contributed by atoms with Gasteiger partial charge in [-0.3, -0.25) is 14.4 Å². The van der Waals surface area contributed by atoms with Crippen molar-refractivity contribution >= 4 is 33.3 Å². The lowest BCUT2D eigenvalue weighted by Gasteiger charge is -2.34. The number of methoxy groups -OCH3 is 1. The van der Waals surface area contributed by atoms with E-state index < -0.39 is 67.3 Å². The predicted octanol–water partition coefficient (Wildman–Crippen LogP) is 4.31. The molecule has 0 aromatic heterocycles. The molecule has 4 rings (SSSR count). The Kier molecular flexibility index (Phi) is 9.97. The minimum absolute atomic E-state index is 0.108. The monoisotopic (exact) mass is 660 g/mol. The summed E-state index contributed by atoms with van der Waals surface area (Å²) in [5.74, 6) is -4.48. The van der Waals surface area contributed by atoms with Crippen molar-refractivity contribution in [1.29, 1.82) is 0 Å². The van der Waals surface area contributed by atoms with Gasteiger partial charge in [-0.2, -0.15) is 13.2 Å². The smallest absolute Gasteiger partial charge is 0.496 e. The lowest BCUT2D eigenvalue weighted by Crippen LogP contribution is -2.50. The number of hydrogen-bond acceptors (Lipinski definition) is 8. The number of benzene rings is 2. The van der Waals surface area contributed by atoms with Crippen molar-refractivity contribution in [2.45, 2.75) is 61.6 Å². The van der Waals surface area contributed by atoms with E-state index in [4.69, 9.17) is 14.2 Å². The molecule has 2 fully saturated rings. The van der Waals surface area contributed by atoms with Crippen LogP contribution in [-0.4, -0.2) is 69.3 Å². The number of nitrogens with one attached hydrogen (secondary N) is 2. The van der Waals surface area contributed by atoms with Crippen LogP contribution in [0, 0.1) is 17.2 Å². The SMILES string of the molecule is COc1cc(F)c(OC2CCC(C)(C(=O)O)CC2)cc1C(=O)N[C@H]1COCC[C@H]1C(=O)Nc1cccc(S(=O)(=O)C(F)(F)F)c1. The highest BCUT2D eigenvalue weighted by atomic mass is 32.2. The molecule has 0 radical (unpaired) electrons. The molecular weight excluding hydrogens is 628 g/mol. The van der Waals surface area contributed by atoms with Crippen LogP contribution in [0.2, 0.25) is 0 Å². The van der Waals surface area contributed by atoms with Gasteiger partial charge >= 0.3 is 11.5 Å². The first-order valence-corrected chi connectivity index (χ1v) is 15.4. The molecule has 0 unspecified atom stereocenters. The number of hydrogen-bond donors (Lipinski definition) is 3. The molecule has 0 bridgehead atoms. The highest BCUT2D eigenvalue weighted by Gasteiger charge is 2.47. The van der Waals surface area contributed by atoms with Gasteiger partial charge in [-0.1, -0.05) is 6.07 Å². The van der Waals surface area contributed by atoms with Crippen molar-refractivity contribution in [3.05, 3.63) is 47.8 Å². The number of amides is 2. The quantitative estimate of drug-likeness (QED) is 0.334. The average Bonchev–Trinajstić information content (AvgIpc) is 2.98. The van der Waals surface area contributed by atoms with Crippen molar-refractivity contribution in [2.24, 2.45) is 11.3 Å². The van der Waals surface area contributed by atoms with Crippen LogP contribution in [0.25, 0.3) is 0 Å². The Balaban J connectivity index is 1.48. The largest absolute Gasteiger partial charge is 0.501 e. The van der Waals surface area contributed by atoms with Crippen molar-refractivity contribution in [3.8, 4) is 11.5 Å². The summed E-state index contributed by atoms with van der Waals surface area (Å²) >= 11 is 0. The van der Waals surface area contributed by atoms with Gasteiger partial charge in [0.05, 0.1) is 47.7 Å². The molecule has 3 N–H and O–H groups in total. The number of carbonyl (C=O) groups is 3. The molecule has 1 heterocycles. The second-order valence-corrected chi connectivity index (χ2v) is 13.1. The van der Waals surface area contributed by atoms with Gasteiger partial charge in [-0.05, 0) is 63.3 Å². The third-order valence-corrected chi connectivity index (χ3v) is 9.55. The Hall–Kier alpha value is -3.92. The van der Waals surface area contributed by atoms with E-state index in [0.29, 0.717) is 31.7 Å². The Morgan fingerprint density at radius 1 is 1.07 bits per heavy atom. The van der Waals surface area contributed by atoms with Gasteiger partial charge in [0.15, 0.2) is 11.6 Å². The molecule has 2 aromatic rings. The fraction of sp³-hybridized carbons (Fsp3) is 0.483. The van der Waals surface area contributed by atoms with Crippen molar-refractivity contribution in [3.63, 3.8) is 0 Å². The zero-order chi connectivity index (χ0) is 33.2. The van der Waals surface area contributed by atoms with E-state index in [-0.39, 0.29) is 42.4 Å². The van der Waals surface area contributed by atoms with Crippen LogP contribution >= 0.6 is 0 Å². The zero-order valence-corrected chi connectivity index (χ0v) is 25.1. The second-order valence-electron chi connectivity index (χ2n) is 11.2. The molecule has 2 atom stereocenters. The Labute approximate surface area is 256 Å². The third kappa shape index (κ3) is 7.49. The van der Waals surface area contributed by atoms with Crippen molar-refractivity contribution in [1.82, 2.24) is 5.32 Å². The summed E-state index contributed by atoms with van der Waals surface area (Å²) in [6.45, 7) is 1.66. The standard InChI is InChI=1S/C29H32F4N2O9S/c1-28(27(38)39)9-6-17(7-10-28)44-24-13-20(23(42-2)14-21(24)30)26(37)35-22-15-43-11-8-19(22)25(36)34-16-4-3-5-18(12-16)45(40,41)29(31,32)33/h3-5,12-14,17,19,22H,6-11,15H2,1-2H3,(H,34,36)(H,35,37)(H,38,39)/t17?,19-,22+,28?/m1/s1. The third-order valence-electron chi connectivity index (χ3n) is 8.07. The maximum Gasteiger partial charge on any atom is 0.501 e. The normalized spacial score (nSPS) is 23.9. The first-order valence-electron chi connectivity index (χ1n) is 13.9. The van der Waals surface area contributed by atoms with Crippen LogP contribution in [0.4, 0.5) is 23.2 Å². The van der Waals surface area contributed by atoms with E-state index in [1.807, 2.05) is 0 Å². The van der Waals surface area contributed by atoms with Gasteiger partial charge in [0.1, 0.15) is 5.75 Å². The maximum atomic E-state index is 14.9. The fourth-order valence-electron chi connectivity index (χ4n) is 5.26. The van der Waals surface area contributed by atoms with Gasteiger partial charge in [-0.15, -0.1) is 0 Å². The van der Waals surface area contributed by atoms with Crippen molar-refractivity contribution < 1.29 is 59.7 Å². The highest BCUT2D eigenvalue weighted by molar-refractivity contribution is 7.92. The highest BCUT2D eigenvalue weighted by Crippen LogP contribution is 2.39. The number of carboxylic acids is 1. The van der Waals surface area contributed by atoms with Gasteiger partial charge < -0.3 is 30.0 Å². The molecule has 2 aromatic carbocycles. The fourth-order valence-corrected chi connectivity index (χ4v) is 6.07. The van der Waals surface area contributed by atoms with Gasteiger partial charge in [0, 0.05) is 18.4 Å². The topological polar surface area (TPSA) is 157 Å². The minimum Gasteiger partial charge on any atom is -0.496 e. The number of aliphatic carboxylic acids is 1. The van der Waals surface area contributed by atoms with E-state index >= 15 is 0 Å². The Morgan fingerprint density at radius 2 is 1.76 bits per heavy atom. The molecule has 2 amide bonds. The van der Waals surface area contributed by atoms with Crippen LogP contribution < -0.4 is 20.1 Å². The molecule has 246 valence electrons. The summed E-state index contributed by atoms with van der Waals surface area (Å²) in [4.78, 5) is 37.0. The zero-order valence-electron chi connectivity index (χ0n) is 24.3. The molecule has 2 aliphatic rings. The predicted molar refractivity (Wildman–Crippen MR) is 150 cm³/mol. The van der Waals surface area contributed by atoms with E-state index in [0.717, 1.165) is 24.3 Å². The minimum atomic E-state index is -5.65. The molecule has 1 saturated carbocycles. The van der Waals surface area contributed by atoms with Crippen LogP contribution in [0.5, 0.6) is 11.5 Å². The number of carboxylic acid groups (broad SMARTS) is 1. The second kappa shape index (κ2) is 13.2. The van der Waals surface area contributed by atoms with Gasteiger partial charge in [0.25, 0.3) is 15.7 Å². The van der Waals surface area contributed by atoms with E-state index in [1.54, 1.807) is 6.92 Å². The van der Waals surface area contributed by atoms with E-state index in [9.17, 15) is 45.5 Å². The van der Waals surface area contributed by atoms with Gasteiger partial charge in [0.2, 0.25) is 5.91 Å². The van der Waals surface area contributed by atoms with Crippen LogP contribution in [0.3, 0.4) is 0 Å². The summed E-state index contributed by atoms with van der Waals surface area (Å²) in [5.41, 5.74) is -6.75. The number of ether oxygens (including phenoxy) is 3. The first kappa shape index (κ1) is 34.0. The Bertz CT molecular complexity index is 1560. The number of halogens is 4. The lowest BCUT2D eigenvalue weighted by molar-refractivity contribution is -0.150. The summed E-state index contributed by atoms with van der Waals surface area (Å²) in [6, 6.07) is 4.91. The number of alkyl halides is 3. The Morgan fingerprint density at radius 3 is 2.38 bits per heavy atom. The number of carbonyl (C=O) groups excluding carboxylic acids is 2. The maximum absolute atomic E-state index is 14.9. The molecule has 45 heavy (non-hydrogen) atoms. The van der Waals surface area contributed by atoms with Crippen LogP contribution in [0.1, 0.15) is 49.4 Å². The molecule has 16 heteroatoms. The van der Waals surface area contributed by atoms with Gasteiger partial charge in [-0.25, -0.2) is 12.8 Å². The molecule has 1 aliphatic carbocycles. The van der Waals surface area contributed by atoms with E-state index in [2.05, 4.69) is 10.6 Å². The number of anilines is 1. The summed E-state index contributed by atoms with van der Waals surface area (Å²) in [5, 5.41) is 14.5. The van der Waals surface area contributed by atoms with Crippen molar-refractivity contribution in [2.75, 3.05) is 25.6 Å².